The first-order valence-electron chi connectivity index (χ1n) is 11.9. The molecule has 3 amide bonds. The number of hydrogen-bond donors (Lipinski definition) is 1. The zero-order valence-electron chi connectivity index (χ0n) is 19.5. The Balaban J connectivity index is 1.50. The van der Waals surface area contributed by atoms with E-state index in [1.165, 1.54) is 0 Å². The molecular formula is C27H33N3O3. The van der Waals surface area contributed by atoms with Crippen LogP contribution in [0.15, 0.2) is 54.6 Å². The normalized spacial score (nSPS) is 20.1. The van der Waals surface area contributed by atoms with Crippen molar-refractivity contribution in [1.82, 2.24) is 15.1 Å². The second-order valence-electron chi connectivity index (χ2n) is 9.38. The first-order chi connectivity index (χ1) is 15.9. The number of carbonyl (C=O) groups excluding carboxylic acids is 3. The van der Waals surface area contributed by atoms with E-state index in [1.54, 1.807) is 11.9 Å². The van der Waals surface area contributed by atoms with Crippen molar-refractivity contribution in [3.05, 3.63) is 60.2 Å². The molecule has 1 N–H and O–H groups in total. The Hall–Kier alpha value is -3.15. The largest absolute Gasteiger partial charge is 0.356 e. The molecule has 6 nitrogen and oxygen atoms in total. The second kappa shape index (κ2) is 9.77. The van der Waals surface area contributed by atoms with Crippen molar-refractivity contribution >= 4 is 17.7 Å². The van der Waals surface area contributed by atoms with Crippen molar-refractivity contribution in [2.75, 3.05) is 33.2 Å². The average molecular weight is 448 g/mol. The Morgan fingerprint density at radius 3 is 2.36 bits per heavy atom. The zero-order valence-corrected chi connectivity index (χ0v) is 19.5. The van der Waals surface area contributed by atoms with E-state index in [9.17, 15) is 14.4 Å². The number of piperidine rings is 1. The van der Waals surface area contributed by atoms with Gasteiger partial charge in [0, 0.05) is 39.6 Å². The monoisotopic (exact) mass is 447 g/mol. The molecule has 2 aromatic carbocycles. The Kier molecular flexibility index (Phi) is 6.82. The molecule has 2 aliphatic heterocycles. The van der Waals surface area contributed by atoms with E-state index in [1.807, 2.05) is 30.0 Å². The van der Waals surface area contributed by atoms with Crippen LogP contribution in [0, 0.1) is 11.3 Å². The number of rotatable bonds is 6. The van der Waals surface area contributed by atoms with Crippen LogP contribution in [0.3, 0.4) is 0 Å². The molecule has 2 heterocycles. The highest BCUT2D eigenvalue weighted by Gasteiger charge is 2.44. The van der Waals surface area contributed by atoms with Gasteiger partial charge in [-0.15, -0.1) is 0 Å². The van der Waals surface area contributed by atoms with Crippen LogP contribution < -0.4 is 5.32 Å². The molecular weight excluding hydrogens is 414 g/mol. The number of amides is 3. The Morgan fingerprint density at radius 1 is 1.03 bits per heavy atom. The third-order valence-electron chi connectivity index (χ3n) is 7.12. The van der Waals surface area contributed by atoms with Crippen molar-refractivity contribution in [1.29, 1.82) is 0 Å². The maximum absolute atomic E-state index is 13.2. The fourth-order valence-electron chi connectivity index (χ4n) is 5.16. The fraction of sp³-hybridized carbons (Fsp3) is 0.444. The molecule has 33 heavy (non-hydrogen) atoms. The second-order valence-corrected chi connectivity index (χ2v) is 9.38. The first kappa shape index (κ1) is 23.0. The van der Waals surface area contributed by atoms with Crippen molar-refractivity contribution in [2.24, 2.45) is 11.3 Å². The smallest absolute Gasteiger partial charge is 0.227 e. The van der Waals surface area contributed by atoms with Gasteiger partial charge in [-0.1, -0.05) is 54.6 Å². The summed E-state index contributed by atoms with van der Waals surface area (Å²) < 4.78 is 0. The summed E-state index contributed by atoms with van der Waals surface area (Å²) in [4.78, 5) is 41.6. The lowest BCUT2D eigenvalue weighted by molar-refractivity contribution is -0.143. The van der Waals surface area contributed by atoms with Gasteiger partial charge in [-0.3, -0.25) is 14.4 Å². The minimum absolute atomic E-state index is 0.0281. The Bertz CT molecular complexity index is 1010. The zero-order chi connectivity index (χ0) is 23.4. The van der Waals surface area contributed by atoms with Crippen molar-refractivity contribution < 1.29 is 14.4 Å². The highest BCUT2D eigenvalue weighted by molar-refractivity contribution is 5.89. The fourth-order valence-corrected chi connectivity index (χ4v) is 5.16. The van der Waals surface area contributed by atoms with Gasteiger partial charge in [0.2, 0.25) is 17.7 Å². The molecule has 0 saturated carbocycles. The molecule has 2 aromatic rings. The van der Waals surface area contributed by atoms with Crippen molar-refractivity contribution in [3.63, 3.8) is 0 Å². The lowest BCUT2D eigenvalue weighted by Gasteiger charge is -2.41. The van der Waals surface area contributed by atoms with Crippen LogP contribution in [0.4, 0.5) is 0 Å². The molecule has 0 spiro atoms. The van der Waals surface area contributed by atoms with Gasteiger partial charge in [-0.05, 0) is 42.9 Å². The minimum Gasteiger partial charge on any atom is -0.356 e. The summed E-state index contributed by atoms with van der Waals surface area (Å²) in [6.45, 7) is 4.10. The number of likely N-dealkylation sites (tertiary alicyclic amines) is 2. The quantitative estimate of drug-likeness (QED) is 0.740. The maximum atomic E-state index is 13.2. The highest BCUT2D eigenvalue weighted by Crippen LogP contribution is 2.37. The van der Waals surface area contributed by atoms with E-state index >= 15 is 0 Å². The van der Waals surface area contributed by atoms with Crippen LogP contribution in [0.25, 0.3) is 11.1 Å². The summed E-state index contributed by atoms with van der Waals surface area (Å²) in [6.07, 6.45) is 2.18. The summed E-state index contributed by atoms with van der Waals surface area (Å²) in [5.74, 6) is -0.122. The summed E-state index contributed by atoms with van der Waals surface area (Å²) >= 11 is 0. The van der Waals surface area contributed by atoms with Gasteiger partial charge in [0.05, 0.1) is 11.3 Å². The predicted octanol–water partition coefficient (Wildman–Crippen LogP) is 3.12. The van der Waals surface area contributed by atoms with Gasteiger partial charge < -0.3 is 15.1 Å². The number of nitrogens with zero attached hydrogens (tertiary/aromatic N) is 2. The Labute approximate surface area is 196 Å². The van der Waals surface area contributed by atoms with Crippen LogP contribution in [0.5, 0.6) is 0 Å². The molecule has 0 bridgehead atoms. The molecule has 0 aliphatic carbocycles. The maximum Gasteiger partial charge on any atom is 0.227 e. The van der Waals surface area contributed by atoms with Crippen LogP contribution in [0.2, 0.25) is 0 Å². The summed E-state index contributed by atoms with van der Waals surface area (Å²) in [6, 6.07) is 18.7. The van der Waals surface area contributed by atoms with Crippen molar-refractivity contribution in [3.8, 4) is 11.1 Å². The van der Waals surface area contributed by atoms with Crippen LogP contribution >= 0.6 is 0 Å². The van der Waals surface area contributed by atoms with E-state index in [0.717, 1.165) is 16.7 Å². The van der Waals surface area contributed by atoms with Gasteiger partial charge in [0.15, 0.2) is 0 Å². The number of benzene rings is 2. The third kappa shape index (κ3) is 4.95. The van der Waals surface area contributed by atoms with Gasteiger partial charge >= 0.3 is 0 Å². The van der Waals surface area contributed by atoms with E-state index in [4.69, 9.17) is 0 Å². The first-order valence-corrected chi connectivity index (χ1v) is 11.9. The Morgan fingerprint density at radius 2 is 1.73 bits per heavy atom. The lowest BCUT2D eigenvalue weighted by Crippen LogP contribution is -2.52. The van der Waals surface area contributed by atoms with Crippen LogP contribution in [-0.2, 0) is 20.8 Å². The molecule has 1 atom stereocenters. The molecule has 6 heteroatoms. The molecule has 2 saturated heterocycles. The average Bonchev–Trinajstić information content (AvgIpc) is 3.18. The number of hydrogen-bond acceptors (Lipinski definition) is 3. The molecule has 0 radical (unpaired) electrons. The molecule has 4 rings (SSSR count). The van der Waals surface area contributed by atoms with Gasteiger partial charge in [-0.2, -0.15) is 0 Å². The SMILES string of the molecule is CCNC(=O)C1(Cc2cccc(-c3ccccc3)c2)CCN(C(=O)C2CC(=O)N(C)C2)CC1. The highest BCUT2D eigenvalue weighted by atomic mass is 16.2. The molecule has 0 aromatic heterocycles. The van der Waals surface area contributed by atoms with Crippen LogP contribution in [-0.4, -0.2) is 60.7 Å². The standard InChI is InChI=1S/C27H33N3O3/c1-3-28-26(33)27(18-20-8-7-11-22(16-20)21-9-5-4-6-10-21)12-14-30(15-13-27)25(32)23-17-24(31)29(2)19-23/h4-11,16,23H,3,12-15,17-19H2,1-2H3,(H,28,33). The third-order valence-corrected chi connectivity index (χ3v) is 7.12. The van der Waals surface area contributed by atoms with Crippen LogP contribution in [0.1, 0.15) is 31.7 Å². The molecule has 2 fully saturated rings. The van der Waals surface area contributed by atoms with E-state index in [2.05, 4.69) is 41.7 Å². The van der Waals surface area contributed by atoms with Gasteiger partial charge in [-0.25, -0.2) is 0 Å². The summed E-state index contributed by atoms with van der Waals surface area (Å²) in [7, 11) is 1.75. The number of carbonyl (C=O) groups is 3. The predicted molar refractivity (Wildman–Crippen MR) is 128 cm³/mol. The summed E-state index contributed by atoms with van der Waals surface area (Å²) in [5, 5.41) is 3.04. The van der Waals surface area contributed by atoms with E-state index in [-0.39, 0.29) is 23.6 Å². The molecule has 1 unspecified atom stereocenters. The number of nitrogens with one attached hydrogen (secondary N) is 1. The lowest BCUT2D eigenvalue weighted by atomic mass is 9.72. The summed E-state index contributed by atoms with van der Waals surface area (Å²) in [5.41, 5.74) is 2.89. The van der Waals surface area contributed by atoms with E-state index < -0.39 is 5.41 Å². The minimum atomic E-state index is -0.537. The van der Waals surface area contributed by atoms with Crippen molar-refractivity contribution in [2.45, 2.75) is 32.6 Å². The van der Waals surface area contributed by atoms with Gasteiger partial charge in [0.1, 0.15) is 0 Å². The molecule has 174 valence electrons. The topological polar surface area (TPSA) is 69.7 Å². The molecule has 2 aliphatic rings. The van der Waals surface area contributed by atoms with E-state index in [0.29, 0.717) is 51.9 Å². The van der Waals surface area contributed by atoms with Gasteiger partial charge in [0.25, 0.3) is 0 Å².